The third-order valence-corrected chi connectivity index (χ3v) is 11.0. The zero-order valence-corrected chi connectivity index (χ0v) is 28.0. The van der Waals surface area contributed by atoms with E-state index in [9.17, 15) is 0 Å². The van der Waals surface area contributed by atoms with Crippen LogP contribution in [0.15, 0.2) is 188 Å². The quantitative estimate of drug-likeness (QED) is 0.177. The van der Waals surface area contributed by atoms with E-state index in [-0.39, 0.29) is 0 Å². The summed E-state index contributed by atoms with van der Waals surface area (Å²) in [5, 5.41) is 0.754. The molecule has 0 N–H and O–H groups in total. The second-order valence-electron chi connectivity index (χ2n) is 13.4. The average Bonchev–Trinajstić information content (AvgIpc) is 3.64. The Labute approximate surface area is 297 Å². The van der Waals surface area contributed by atoms with Crippen LogP contribution >= 0.6 is 11.6 Å². The predicted molar refractivity (Wildman–Crippen MR) is 209 cm³/mol. The number of hydrogen-bond donors (Lipinski definition) is 0. The summed E-state index contributed by atoms with van der Waals surface area (Å²) in [5.41, 5.74) is 19.4. The number of rotatable bonds is 4. The van der Waals surface area contributed by atoms with Gasteiger partial charge < -0.3 is 0 Å². The molecule has 2 aliphatic carbocycles. The molecule has 0 fully saturated rings. The maximum Gasteiger partial charge on any atom is 0.0726 e. The van der Waals surface area contributed by atoms with Gasteiger partial charge in [-0.05, 0) is 125 Å². The van der Waals surface area contributed by atoms with Gasteiger partial charge in [0.2, 0.25) is 0 Å². The fourth-order valence-corrected chi connectivity index (χ4v) is 8.70. The normalized spacial score (nSPS) is 13.1. The Balaban J connectivity index is 1.22. The summed E-state index contributed by atoms with van der Waals surface area (Å²) in [6, 6.07) is 68.6. The van der Waals surface area contributed by atoms with Gasteiger partial charge in [0.05, 0.1) is 5.41 Å². The summed E-state index contributed by atoms with van der Waals surface area (Å²) in [7, 11) is 0. The van der Waals surface area contributed by atoms with Gasteiger partial charge in [0.1, 0.15) is 0 Å². The highest BCUT2D eigenvalue weighted by Gasteiger charge is 2.52. The molecule has 0 aliphatic heterocycles. The van der Waals surface area contributed by atoms with Gasteiger partial charge in [-0.2, -0.15) is 0 Å². The Morgan fingerprint density at radius 2 is 0.640 bits per heavy atom. The Hall–Kier alpha value is -5.95. The van der Waals surface area contributed by atoms with Crippen molar-refractivity contribution in [2.45, 2.75) is 5.41 Å². The van der Waals surface area contributed by atoms with Crippen LogP contribution < -0.4 is 0 Å². The van der Waals surface area contributed by atoms with Crippen molar-refractivity contribution in [3.05, 3.63) is 215 Å². The molecular weight excluding hydrogens is 624 g/mol. The van der Waals surface area contributed by atoms with Crippen LogP contribution in [0.1, 0.15) is 22.3 Å². The smallest absolute Gasteiger partial charge is 0.0726 e. The molecule has 0 amide bonds. The Morgan fingerprint density at radius 3 is 1.18 bits per heavy atom. The predicted octanol–water partition coefficient (Wildman–Crippen LogP) is 13.4. The molecule has 0 saturated carbocycles. The first-order valence-corrected chi connectivity index (χ1v) is 17.6. The first-order valence-electron chi connectivity index (χ1n) is 17.2. The molecule has 8 aromatic carbocycles. The fourth-order valence-electron chi connectivity index (χ4n) is 8.53. The topological polar surface area (TPSA) is 0 Å². The van der Waals surface area contributed by atoms with Crippen molar-refractivity contribution in [2.24, 2.45) is 0 Å². The van der Waals surface area contributed by atoms with Gasteiger partial charge in [0, 0.05) is 5.02 Å². The molecule has 2 aliphatic rings. The van der Waals surface area contributed by atoms with E-state index in [2.05, 4.69) is 182 Å². The molecule has 0 heterocycles. The van der Waals surface area contributed by atoms with Crippen molar-refractivity contribution in [3.63, 3.8) is 0 Å². The van der Waals surface area contributed by atoms with Crippen LogP contribution in [0.2, 0.25) is 5.02 Å². The van der Waals surface area contributed by atoms with E-state index >= 15 is 0 Å². The Bertz CT molecular complexity index is 2460. The SMILES string of the molecule is Clc1ccc2c(c1)C1(c3ccccc3-2)c2cc(-c3cccc(-c4ccccc4)c3)ccc2-c2ccc(-c3cccc(-c4ccccc4)c3)cc21. The van der Waals surface area contributed by atoms with E-state index in [1.54, 1.807) is 0 Å². The van der Waals surface area contributed by atoms with Gasteiger partial charge in [-0.3, -0.25) is 0 Å². The molecule has 0 aromatic heterocycles. The third-order valence-electron chi connectivity index (χ3n) is 10.8. The van der Waals surface area contributed by atoms with Crippen LogP contribution in [-0.4, -0.2) is 0 Å². The largest absolute Gasteiger partial charge is 0.0843 e. The van der Waals surface area contributed by atoms with Gasteiger partial charge in [-0.25, -0.2) is 0 Å². The number of benzene rings is 8. The van der Waals surface area contributed by atoms with E-state index in [1.165, 1.54) is 89.0 Å². The molecule has 8 aromatic rings. The zero-order chi connectivity index (χ0) is 33.2. The molecule has 10 rings (SSSR count). The van der Waals surface area contributed by atoms with E-state index < -0.39 is 5.41 Å². The summed E-state index contributed by atoms with van der Waals surface area (Å²) < 4.78 is 0. The first kappa shape index (κ1) is 29.0. The van der Waals surface area contributed by atoms with E-state index in [0.717, 1.165) is 5.02 Å². The molecule has 50 heavy (non-hydrogen) atoms. The monoisotopic (exact) mass is 654 g/mol. The minimum atomic E-state index is -0.512. The molecule has 1 heteroatoms. The van der Waals surface area contributed by atoms with Crippen LogP contribution in [0, 0.1) is 0 Å². The zero-order valence-electron chi connectivity index (χ0n) is 27.3. The third kappa shape index (κ3) is 4.32. The van der Waals surface area contributed by atoms with Crippen molar-refractivity contribution in [1.82, 2.24) is 0 Å². The molecule has 0 bridgehead atoms. The van der Waals surface area contributed by atoms with Crippen molar-refractivity contribution in [1.29, 1.82) is 0 Å². The Morgan fingerprint density at radius 1 is 0.260 bits per heavy atom. The van der Waals surface area contributed by atoms with Gasteiger partial charge in [-0.1, -0.05) is 163 Å². The lowest BCUT2D eigenvalue weighted by Gasteiger charge is -2.31. The number of hydrogen-bond acceptors (Lipinski definition) is 0. The first-order chi connectivity index (χ1) is 24.7. The highest BCUT2D eigenvalue weighted by atomic mass is 35.5. The van der Waals surface area contributed by atoms with Crippen LogP contribution in [0.25, 0.3) is 66.8 Å². The molecule has 0 saturated heterocycles. The lowest BCUT2D eigenvalue weighted by atomic mass is 9.70. The lowest BCUT2D eigenvalue weighted by molar-refractivity contribution is 0.794. The van der Waals surface area contributed by atoms with Crippen LogP contribution in [0.4, 0.5) is 0 Å². The minimum Gasteiger partial charge on any atom is -0.0843 e. The van der Waals surface area contributed by atoms with Crippen LogP contribution in [-0.2, 0) is 5.41 Å². The fraction of sp³-hybridized carbons (Fsp3) is 0.0204. The summed E-state index contributed by atoms with van der Waals surface area (Å²) >= 11 is 6.89. The van der Waals surface area contributed by atoms with Crippen molar-refractivity contribution in [3.8, 4) is 66.8 Å². The van der Waals surface area contributed by atoms with E-state index in [1.807, 2.05) is 6.07 Å². The van der Waals surface area contributed by atoms with Gasteiger partial charge in [-0.15, -0.1) is 0 Å². The van der Waals surface area contributed by atoms with Gasteiger partial charge in [0.25, 0.3) is 0 Å². The second kappa shape index (κ2) is 11.3. The van der Waals surface area contributed by atoms with E-state index in [4.69, 9.17) is 11.6 Å². The maximum absolute atomic E-state index is 6.89. The highest BCUT2D eigenvalue weighted by Crippen LogP contribution is 2.63. The summed E-state index contributed by atoms with van der Waals surface area (Å²) in [6.07, 6.45) is 0. The average molecular weight is 655 g/mol. The Kier molecular flexibility index (Phi) is 6.56. The number of halogens is 1. The van der Waals surface area contributed by atoms with Crippen LogP contribution in [0.5, 0.6) is 0 Å². The summed E-state index contributed by atoms with van der Waals surface area (Å²) in [5.74, 6) is 0. The molecule has 0 radical (unpaired) electrons. The number of fused-ring (bicyclic) bond motifs is 10. The molecule has 1 spiro atoms. The van der Waals surface area contributed by atoms with Gasteiger partial charge in [0.15, 0.2) is 0 Å². The van der Waals surface area contributed by atoms with Crippen LogP contribution in [0.3, 0.4) is 0 Å². The van der Waals surface area contributed by atoms with Gasteiger partial charge >= 0.3 is 0 Å². The molecule has 0 unspecified atom stereocenters. The maximum atomic E-state index is 6.89. The van der Waals surface area contributed by atoms with Crippen molar-refractivity contribution < 1.29 is 0 Å². The standard InChI is InChI=1S/C49H31Cl/c50-40-23-26-44-41-19-7-8-20-45(41)49(48(44)31-40)46-29-38(36-17-9-15-34(27-36)32-11-3-1-4-12-32)21-24-42(46)43-25-22-39(30-47(43)49)37-18-10-16-35(28-37)33-13-5-2-6-14-33/h1-31H. The lowest BCUT2D eigenvalue weighted by Crippen LogP contribution is -2.26. The summed E-state index contributed by atoms with van der Waals surface area (Å²) in [4.78, 5) is 0. The van der Waals surface area contributed by atoms with Crippen molar-refractivity contribution in [2.75, 3.05) is 0 Å². The van der Waals surface area contributed by atoms with Crippen molar-refractivity contribution >= 4 is 11.6 Å². The van der Waals surface area contributed by atoms with E-state index in [0.29, 0.717) is 0 Å². The molecule has 0 atom stereocenters. The second-order valence-corrected chi connectivity index (χ2v) is 13.8. The minimum absolute atomic E-state index is 0.512. The summed E-state index contributed by atoms with van der Waals surface area (Å²) in [6.45, 7) is 0. The highest BCUT2D eigenvalue weighted by molar-refractivity contribution is 6.30. The molecular formula is C49H31Cl. The molecule has 234 valence electrons. The molecule has 0 nitrogen and oxygen atoms in total.